The van der Waals surface area contributed by atoms with Crippen LogP contribution in [-0.2, 0) is 6.42 Å². The van der Waals surface area contributed by atoms with E-state index in [1.807, 2.05) is 13.1 Å². The van der Waals surface area contributed by atoms with Gasteiger partial charge in [0.15, 0.2) is 0 Å². The fourth-order valence-electron chi connectivity index (χ4n) is 1.68. The van der Waals surface area contributed by atoms with Gasteiger partial charge in [-0.15, -0.1) is 0 Å². The molecule has 0 radical (unpaired) electrons. The van der Waals surface area contributed by atoms with Gasteiger partial charge in [0, 0.05) is 11.7 Å². The lowest BCUT2D eigenvalue weighted by molar-refractivity contribution is 0.216. The van der Waals surface area contributed by atoms with Crippen LogP contribution in [0.2, 0.25) is 0 Å². The lowest BCUT2D eigenvalue weighted by Gasteiger charge is -2.27. The molecule has 2 rings (SSSR count). The maximum atomic E-state index is 5.68. The summed E-state index contributed by atoms with van der Waals surface area (Å²) in [5.74, 6) is 0.895. The second-order valence-electron chi connectivity index (χ2n) is 4.02. The van der Waals surface area contributed by atoms with E-state index in [2.05, 4.69) is 23.3 Å². The Hall–Kier alpha value is -1.09. The molecular weight excluding hydrogens is 188 g/mol. The lowest BCUT2D eigenvalue weighted by Crippen LogP contribution is -2.46. The predicted octanol–water partition coefficient (Wildman–Crippen LogP) is 1.69. The molecule has 0 saturated carbocycles. The van der Waals surface area contributed by atoms with Crippen molar-refractivity contribution < 1.29 is 4.74 Å². The molecule has 0 aliphatic carbocycles. The van der Waals surface area contributed by atoms with Crippen LogP contribution in [0.5, 0.6) is 5.75 Å². The number of pyridine rings is 1. The third-order valence-electron chi connectivity index (χ3n) is 2.92. The van der Waals surface area contributed by atoms with E-state index < -0.39 is 0 Å². The highest BCUT2D eigenvalue weighted by Gasteiger charge is 2.16. The summed E-state index contributed by atoms with van der Waals surface area (Å²) in [6, 6.07) is 2.64. The second kappa shape index (κ2) is 4.62. The molecule has 1 unspecified atom stereocenters. The minimum Gasteiger partial charge on any atom is -0.490 e. The third-order valence-corrected chi connectivity index (χ3v) is 2.92. The van der Waals surface area contributed by atoms with Gasteiger partial charge in [0.05, 0.1) is 6.20 Å². The van der Waals surface area contributed by atoms with Gasteiger partial charge in [0.1, 0.15) is 12.4 Å². The summed E-state index contributed by atoms with van der Waals surface area (Å²) in [5.41, 5.74) is 2.38. The summed E-state index contributed by atoms with van der Waals surface area (Å²) in [6.07, 6.45) is 4.05. The molecule has 0 amide bonds. The van der Waals surface area contributed by atoms with Crippen molar-refractivity contribution in [2.75, 3.05) is 13.2 Å². The Kier molecular flexibility index (Phi) is 3.21. The predicted molar refractivity (Wildman–Crippen MR) is 60.3 cm³/mol. The summed E-state index contributed by atoms with van der Waals surface area (Å²) in [5, 5.41) is 3.31. The minimum atomic E-state index is 0.538. The van der Waals surface area contributed by atoms with E-state index in [4.69, 9.17) is 4.74 Å². The Bertz CT molecular complexity index is 334. The number of nitrogens with one attached hydrogen (secondary N) is 1. The van der Waals surface area contributed by atoms with Gasteiger partial charge in [0.25, 0.3) is 0 Å². The number of aryl methyl sites for hydroxylation is 2. The van der Waals surface area contributed by atoms with Crippen molar-refractivity contribution >= 4 is 0 Å². The van der Waals surface area contributed by atoms with Crippen LogP contribution in [0.4, 0.5) is 0 Å². The molecule has 3 nitrogen and oxygen atoms in total. The van der Waals surface area contributed by atoms with Crippen molar-refractivity contribution in [2.45, 2.75) is 32.7 Å². The van der Waals surface area contributed by atoms with E-state index in [1.54, 1.807) is 0 Å². The molecule has 0 aromatic carbocycles. The van der Waals surface area contributed by atoms with E-state index in [-0.39, 0.29) is 0 Å². The lowest BCUT2D eigenvalue weighted by atomic mass is 10.1. The fraction of sp³-hybridized carbons (Fsp3) is 0.583. The minimum absolute atomic E-state index is 0.538. The Balaban J connectivity index is 1.95. The van der Waals surface area contributed by atoms with Crippen LogP contribution >= 0.6 is 0 Å². The van der Waals surface area contributed by atoms with E-state index in [0.29, 0.717) is 6.04 Å². The van der Waals surface area contributed by atoms with Gasteiger partial charge in [-0.05, 0) is 37.9 Å². The molecule has 82 valence electrons. The number of aromatic nitrogens is 1. The van der Waals surface area contributed by atoms with Crippen LogP contribution in [0, 0.1) is 6.92 Å². The van der Waals surface area contributed by atoms with Crippen LogP contribution < -0.4 is 10.1 Å². The van der Waals surface area contributed by atoms with Gasteiger partial charge in [-0.25, -0.2) is 0 Å². The summed E-state index contributed by atoms with van der Waals surface area (Å²) >= 11 is 0. The Morgan fingerprint density at radius 2 is 2.40 bits per heavy atom. The van der Waals surface area contributed by atoms with Crippen molar-refractivity contribution in [3.63, 3.8) is 0 Å². The number of rotatable bonds is 4. The Morgan fingerprint density at radius 3 is 3.00 bits per heavy atom. The standard InChI is InChI=1S/C12H18N2O/c1-3-10-6-12(7-14-9(10)2)15-8-11-4-5-13-11/h6-7,11,13H,3-5,8H2,1-2H3. The highest BCUT2D eigenvalue weighted by Crippen LogP contribution is 2.16. The van der Waals surface area contributed by atoms with Crippen molar-refractivity contribution in [2.24, 2.45) is 0 Å². The average molecular weight is 206 g/mol. The van der Waals surface area contributed by atoms with Gasteiger partial charge in [0.2, 0.25) is 0 Å². The van der Waals surface area contributed by atoms with Crippen LogP contribution in [0.1, 0.15) is 24.6 Å². The second-order valence-corrected chi connectivity index (χ2v) is 4.02. The van der Waals surface area contributed by atoms with E-state index >= 15 is 0 Å². The summed E-state index contributed by atoms with van der Waals surface area (Å²) in [4.78, 5) is 4.33. The third kappa shape index (κ3) is 2.48. The topological polar surface area (TPSA) is 34.1 Å². The summed E-state index contributed by atoms with van der Waals surface area (Å²) < 4.78 is 5.68. The largest absolute Gasteiger partial charge is 0.490 e. The highest BCUT2D eigenvalue weighted by atomic mass is 16.5. The molecule has 1 aliphatic rings. The molecule has 3 heteroatoms. The van der Waals surface area contributed by atoms with Gasteiger partial charge in [-0.1, -0.05) is 6.92 Å². The molecule has 1 atom stereocenters. The SMILES string of the molecule is CCc1cc(OCC2CCN2)cnc1C. The monoisotopic (exact) mass is 206 g/mol. The number of nitrogens with zero attached hydrogens (tertiary/aromatic N) is 1. The van der Waals surface area contributed by atoms with Crippen LogP contribution in [0.15, 0.2) is 12.3 Å². The highest BCUT2D eigenvalue weighted by molar-refractivity contribution is 5.28. The van der Waals surface area contributed by atoms with E-state index in [9.17, 15) is 0 Å². The number of hydrogen-bond acceptors (Lipinski definition) is 3. The molecule has 0 spiro atoms. The average Bonchev–Trinajstić information content (AvgIpc) is 2.18. The molecule has 2 heterocycles. The zero-order valence-corrected chi connectivity index (χ0v) is 9.42. The number of hydrogen-bond donors (Lipinski definition) is 1. The zero-order valence-electron chi connectivity index (χ0n) is 9.42. The Labute approximate surface area is 90.9 Å². The Morgan fingerprint density at radius 1 is 1.60 bits per heavy atom. The zero-order chi connectivity index (χ0) is 10.7. The number of ether oxygens (including phenoxy) is 1. The van der Waals surface area contributed by atoms with Crippen molar-refractivity contribution in [3.05, 3.63) is 23.5 Å². The molecule has 1 fully saturated rings. The van der Waals surface area contributed by atoms with Gasteiger partial charge >= 0.3 is 0 Å². The molecule has 1 aliphatic heterocycles. The van der Waals surface area contributed by atoms with Crippen molar-refractivity contribution in [3.8, 4) is 5.75 Å². The van der Waals surface area contributed by atoms with E-state index in [0.717, 1.165) is 31.0 Å². The van der Waals surface area contributed by atoms with Crippen LogP contribution in [0.3, 0.4) is 0 Å². The molecule has 1 aromatic heterocycles. The summed E-state index contributed by atoms with van der Waals surface area (Å²) in [7, 11) is 0. The van der Waals surface area contributed by atoms with Crippen molar-refractivity contribution in [1.82, 2.24) is 10.3 Å². The first kappa shape index (κ1) is 10.4. The maximum Gasteiger partial charge on any atom is 0.137 e. The normalized spacial score (nSPS) is 19.7. The summed E-state index contributed by atoms with van der Waals surface area (Å²) in [6.45, 7) is 6.06. The molecular formula is C12H18N2O. The van der Waals surface area contributed by atoms with Gasteiger partial charge < -0.3 is 10.1 Å². The molecule has 15 heavy (non-hydrogen) atoms. The molecule has 1 aromatic rings. The molecule has 1 N–H and O–H groups in total. The first-order chi connectivity index (χ1) is 7.29. The first-order valence-electron chi connectivity index (χ1n) is 5.61. The van der Waals surface area contributed by atoms with Crippen LogP contribution in [-0.4, -0.2) is 24.2 Å². The van der Waals surface area contributed by atoms with Crippen LogP contribution in [0.25, 0.3) is 0 Å². The maximum absolute atomic E-state index is 5.68. The fourth-order valence-corrected chi connectivity index (χ4v) is 1.68. The van der Waals surface area contributed by atoms with E-state index in [1.165, 1.54) is 12.0 Å². The molecule has 0 bridgehead atoms. The quantitative estimate of drug-likeness (QED) is 0.814. The first-order valence-corrected chi connectivity index (χ1v) is 5.61. The smallest absolute Gasteiger partial charge is 0.137 e. The van der Waals surface area contributed by atoms with Gasteiger partial charge in [-0.3, -0.25) is 4.98 Å². The van der Waals surface area contributed by atoms with Crippen molar-refractivity contribution in [1.29, 1.82) is 0 Å². The van der Waals surface area contributed by atoms with Gasteiger partial charge in [-0.2, -0.15) is 0 Å². The molecule has 1 saturated heterocycles.